The fourth-order valence-electron chi connectivity index (χ4n) is 2.86. The monoisotopic (exact) mass is 357 g/mol. The van der Waals surface area contributed by atoms with E-state index in [0.717, 1.165) is 5.56 Å². The van der Waals surface area contributed by atoms with Gasteiger partial charge >= 0.3 is 0 Å². The molecule has 0 heterocycles. The predicted molar refractivity (Wildman–Crippen MR) is 99.4 cm³/mol. The molecule has 1 aliphatic carbocycles. The molecule has 1 saturated carbocycles. The normalized spacial score (nSPS) is 16.3. The Balaban J connectivity index is 1.82. The molecule has 132 valence electrons. The molecule has 2 aromatic rings. The average molecular weight is 357 g/mol. The number of anilines is 1. The highest BCUT2D eigenvalue weighted by molar-refractivity contribution is 7.94. The van der Waals surface area contributed by atoms with E-state index in [4.69, 9.17) is 0 Å². The molecule has 0 saturated heterocycles. The summed E-state index contributed by atoms with van der Waals surface area (Å²) in [6.07, 6.45) is 0.715. The van der Waals surface area contributed by atoms with Gasteiger partial charge in [-0.15, -0.1) is 0 Å². The van der Waals surface area contributed by atoms with Crippen LogP contribution in [-0.2, 0) is 20.0 Å². The summed E-state index contributed by atoms with van der Waals surface area (Å²) in [4.78, 5) is 12.9. The summed E-state index contributed by atoms with van der Waals surface area (Å²) in [5.41, 5.74) is 1.80. The van der Waals surface area contributed by atoms with Crippen molar-refractivity contribution in [3.05, 3.63) is 60.2 Å². The lowest BCUT2D eigenvalue weighted by Gasteiger charge is -2.20. The molecule has 1 aliphatic rings. The van der Waals surface area contributed by atoms with Crippen molar-refractivity contribution in [1.82, 2.24) is 0 Å². The number of carbonyl (C=O) groups excluding carboxylic acids is 1. The van der Waals surface area contributed by atoms with Crippen LogP contribution >= 0.6 is 0 Å². The standard InChI is InChI=1S/C20H23NO3S/c1-19(2,3)15-9-11-16(12-10-15)21-18(22)20(13-14-20)25(23,24)17-7-5-4-6-8-17/h4-12H,13-14H2,1-3H3,(H,21,22). The predicted octanol–water partition coefficient (Wildman–Crippen LogP) is 3.93. The van der Waals surface area contributed by atoms with Gasteiger partial charge in [-0.1, -0.05) is 51.1 Å². The zero-order valence-electron chi connectivity index (χ0n) is 14.7. The molecule has 0 atom stereocenters. The van der Waals surface area contributed by atoms with E-state index in [9.17, 15) is 13.2 Å². The summed E-state index contributed by atoms with van der Waals surface area (Å²) in [6, 6.07) is 15.8. The van der Waals surface area contributed by atoms with E-state index in [-0.39, 0.29) is 10.3 Å². The van der Waals surface area contributed by atoms with Crippen molar-refractivity contribution in [2.45, 2.75) is 48.7 Å². The first-order chi connectivity index (χ1) is 11.7. The average Bonchev–Trinajstić information content (AvgIpc) is 3.38. The van der Waals surface area contributed by atoms with Gasteiger partial charge < -0.3 is 5.32 Å². The van der Waals surface area contributed by atoms with Crippen molar-refractivity contribution >= 4 is 21.4 Å². The number of hydrogen-bond donors (Lipinski definition) is 1. The molecule has 4 nitrogen and oxygen atoms in total. The van der Waals surface area contributed by atoms with Crippen LogP contribution in [0.5, 0.6) is 0 Å². The maximum Gasteiger partial charge on any atom is 0.246 e. The van der Waals surface area contributed by atoms with Crippen LogP contribution in [0.15, 0.2) is 59.5 Å². The first kappa shape index (κ1) is 17.7. The minimum atomic E-state index is -3.69. The largest absolute Gasteiger partial charge is 0.325 e. The van der Waals surface area contributed by atoms with Gasteiger partial charge in [-0.05, 0) is 48.1 Å². The fraction of sp³-hybridized carbons (Fsp3) is 0.350. The fourth-order valence-corrected chi connectivity index (χ4v) is 4.76. The molecule has 5 heteroatoms. The van der Waals surface area contributed by atoms with Gasteiger partial charge in [-0.3, -0.25) is 4.79 Å². The molecular formula is C20H23NO3S. The highest BCUT2D eigenvalue weighted by Gasteiger charge is 2.61. The van der Waals surface area contributed by atoms with Crippen LogP contribution in [0.2, 0.25) is 0 Å². The first-order valence-corrected chi connectivity index (χ1v) is 9.87. The molecule has 0 bridgehead atoms. The van der Waals surface area contributed by atoms with Gasteiger partial charge in [0.15, 0.2) is 14.6 Å². The third-order valence-corrected chi connectivity index (χ3v) is 7.21. The Morgan fingerprint density at radius 2 is 1.52 bits per heavy atom. The molecule has 25 heavy (non-hydrogen) atoms. The number of nitrogens with one attached hydrogen (secondary N) is 1. The lowest BCUT2D eigenvalue weighted by molar-refractivity contribution is -0.116. The van der Waals surface area contributed by atoms with Gasteiger partial charge in [-0.25, -0.2) is 8.42 Å². The number of hydrogen-bond acceptors (Lipinski definition) is 3. The van der Waals surface area contributed by atoms with Gasteiger partial charge in [0.2, 0.25) is 5.91 Å². The Morgan fingerprint density at radius 3 is 2.00 bits per heavy atom. The molecule has 0 spiro atoms. The zero-order valence-corrected chi connectivity index (χ0v) is 15.6. The molecule has 0 aromatic heterocycles. The lowest BCUT2D eigenvalue weighted by atomic mass is 9.87. The summed E-state index contributed by atoms with van der Waals surface area (Å²) >= 11 is 0. The second kappa shape index (κ2) is 5.99. The summed E-state index contributed by atoms with van der Waals surface area (Å²) in [5.74, 6) is -0.445. The van der Waals surface area contributed by atoms with Crippen LogP contribution in [0.1, 0.15) is 39.2 Å². The van der Waals surface area contributed by atoms with Crippen LogP contribution in [-0.4, -0.2) is 19.1 Å². The number of benzene rings is 2. The quantitative estimate of drug-likeness (QED) is 0.902. The van der Waals surface area contributed by atoms with Crippen LogP contribution in [0.25, 0.3) is 0 Å². The highest BCUT2D eigenvalue weighted by Crippen LogP contribution is 2.47. The van der Waals surface area contributed by atoms with Gasteiger partial charge in [0, 0.05) is 5.69 Å². The van der Waals surface area contributed by atoms with Crippen molar-refractivity contribution in [2.24, 2.45) is 0 Å². The lowest BCUT2D eigenvalue weighted by Crippen LogP contribution is -2.37. The third-order valence-electron chi connectivity index (χ3n) is 4.69. The molecule has 0 unspecified atom stereocenters. The SMILES string of the molecule is CC(C)(C)c1ccc(NC(=O)C2(S(=O)(=O)c3ccccc3)CC2)cc1. The molecule has 0 aliphatic heterocycles. The van der Waals surface area contributed by atoms with Crippen molar-refractivity contribution in [3.63, 3.8) is 0 Å². The van der Waals surface area contributed by atoms with Crippen molar-refractivity contribution in [2.75, 3.05) is 5.32 Å². The van der Waals surface area contributed by atoms with E-state index in [1.807, 2.05) is 24.3 Å². The molecule has 0 radical (unpaired) electrons. The minimum Gasteiger partial charge on any atom is -0.325 e. The van der Waals surface area contributed by atoms with Crippen molar-refractivity contribution < 1.29 is 13.2 Å². The zero-order chi connectivity index (χ0) is 18.3. The molecule has 3 rings (SSSR count). The van der Waals surface area contributed by atoms with Gasteiger partial charge in [0.25, 0.3) is 0 Å². The van der Waals surface area contributed by atoms with E-state index >= 15 is 0 Å². The second-order valence-corrected chi connectivity index (χ2v) is 9.85. The molecule has 1 N–H and O–H groups in total. The van der Waals surface area contributed by atoms with E-state index < -0.39 is 20.5 Å². The molecule has 2 aromatic carbocycles. The number of carbonyl (C=O) groups is 1. The third kappa shape index (κ3) is 3.21. The van der Waals surface area contributed by atoms with Crippen LogP contribution in [0, 0.1) is 0 Å². The summed E-state index contributed by atoms with van der Waals surface area (Å²) in [5, 5.41) is 2.78. The van der Waals surface area contributed by atoms with E-state index in [1.54, 1.807) is 30.3 Å². The Morgan fingerprint density at radius 1 is 0.960 bits per heavy atom. The number of amides is 1. The topological polar surface area (TPSA) is 63.2 Å². The Hall–Kier alpha value is -2.14. The molecule has 1 amide bonds. The smallest absolute Gasteiger partial charge is 0.246 e. The van der Waals surface area contributed by atoms with Crippen LogP contribution in [0.3, 0.4) is 0 Å². The van der Waals surface area contributed by atoms with E-state index in [2.05, 4.69) is 26.1 Å². The van der Waals surface area contributed by atoms with Gasteiger partial charge in [-0.2, -0.15) is 0 Å². The van der Waals surface area contributed by atoms with Crippen molar-refractivity contribution in [3.8, 4) is 0 Å². The number of rotatable bonds is 4. The van der Waals surface area contributed by atoms with Crippen LogP contribution < -0.4 is 5.32 Å². The summed E-state index contributed by atoms with van der Waals surface area (Å²) in [7, 11) is -3.69. The number of sulfone groups is 1. The maximum absolute atomic E-state index is 12.9. The van der Waals surface area contributed by atoms with E-state index in [0.29, 0.717) is 18.5 Å². The van der Waals surface area contributed by atoms with Crippen LogP contribution in [0.4, 0.5) is 5.69 Å². The van der Waals surface area contributed by atoms with Crippen molar-refractivity contribution in [1.29, 1.82) is 0 Å². The second-order valence-electron chi connectivity index (χ2n) is 7.59. The van der Waals surface area contributed by atoms with Gasteiger partial charge in [0.1, 0.15) is 0 Å². The summed E-state index contributed by atoms with van der Waals surface area (Å²) < 4.78 is 24.4. The Bertz CT molecular complexity index is 875. The Kier molecular flexibility index (Phi) is 4.23. The molecular weight excluding hydrogens is 334 g/mol. The van der Waals surface area contributed by atoms with E-state index in [1.165, 1.54) is 0 Å². The highest BCUT2D eigenvalue weighted by atomic mass is 32.2. The van der Waals surface area contributed by atoms with Gasteiger partial charge in [0.05, 0.1) is 4.90 Å². The summed E-state index contributed by atoms with van der Waals surface area (Å²) in [6.45, 7) is 6.35. The Labute approximate surface area is 149 Å². The minimum absolute atomic E-state index is 0.0247. The molecule has 1 fully saturated rings. The maximum atomic E-state index is 12.9. The first-order valence-electron chi connectivity index (χ1n) is 8.38.